The minimum Gasteiger partial charge on any atom is -0.478 e. The molecule has 0 saturated heterocycles. The molecule has 0 heterocycles. The van der Waals surface area contributed by atoms with Gasteiger partial charge in [-0.1, -0.05) is 30.3 Å². The van der Waals surface area contributed by atoms with E-state index in [1.165, 1.54) is 6.21 Å². The molecule has 0 aliphatic rings. The van der Waals surface area contributed by atoms with Gasteiger partial charge in [0.1, 0.15) is 0 Å². The first-order valence-corrected chi connectivity index (χ1v) is 4.47. The van der Waals surface area contributed by atoms with Crippen LogP contribution in [0.2, 0.25) is 0 Å². The van der Waals surface area contributed by atoms with E-state index >= 15 is 0 Å². The number of aliphatic carboxylic acids is 1. The second-order valence-corrected chi connectivity index (χ2v) is 2.82. The van der Waals surface area contributed by atoms with E-state index in [9.17, 15) is 9.59 Å². The maximum atomic E-state index is 11.0. The summed E-state index contributed by atoms with van der Waals surface area (Å²) in [4.78, 5) is 21.1. The molecule has 0 radical (unpaired) electrons. The summed E-state index contributed by atoms with van der Waals surface area (Å²) >= 11 is 0. The lowest BCUT2D eigenvalue weighted by Crippen LogP contribution is -2.14. The van der Waals surface area contributed by atoms with Crippen molar-refractivity contribution < 1.29 is 14.7 Å². The summed E-state index contributed by atoms with van der Waals surface area (Å²) in [6, 6.07) is 9.19. The van der Waals surface area contributed by atoms with E-state index in [4.69, 9.17) is 5.11 Å². The largest absolute Gasteiger partial charge is 0.478 e. The average molecular weight is 218 g/mol. The van der Waals surface area contributed by atoms with Crippen molar-refractivity contribution >= 4 is 18.1 Å². The van der Waals surface area contributed by atoms with Crippen LogP contribution in [0.3, 0.4) is 0 Å². The van der Waals surface area contributed by atoms with Crippen LogP contribution in [0.15, 0.2) is 47.6 Å². The quantitative estimate of drug-likeness (QED) is 0.445. The number of rotatable bonds is 4. The zero-order chi connectivity index (χ0) is 11.8. The molecule has 1 aromatic carbocycles. The summed E-state index contributed by atoms with van der Waals surface area (Å²) < 4.78 is 0. The second kappa shape index (κ2) is 6.13. The molecule has 1 amide bonds. The smallest absolute Gasteiger partial charge is 0.328 e. The Morgan fingerprint density at radius 2 is 1.88 bits per heavy atom. The van der Waals surface area contributed by atoms with Crippen molar-refractivity contribution in [1.29, 1.82) is 0 Å². The number of hydrogen-bond acceptors (Lipinski definition) is 3. The lowest BCUT2D eigenvalue weighted by atomic mass is 10.2. The summed E-state index contributed by atoms with van der Waals surface area (Å²) in [5.74, 6) is -1.77. The average Bonchev–Trinajstić information content (AvgIpc) is 2.28. The third-order valence-electron chi connectivity index (χ3n) is 1.57. The van der Waals surface area contributed by atoms with Gasteiger partial charge in [-0.25, -0.2) is 10.2 Å². The number of hydrazone groups is 1. The van der Waals surface area contributed by atoms with Crippen LogP contribution in [0.25, 0.3) is 0 Å². The Labute approximate surface area is 92.1 Å². The van der Waals surface area contributed by atoms with Gasteiger partial charge in [-0.05, 0) is 5.56 Å². The molecule has 0 saturated carbocycles. The molecule has 1 aromatic rings. The van der Waals surface area contributed by atoms with Crippen molar-refractivity contribution in [3.8, 4) is 0 Å². The monoisotopic (exact) mass is 218 g/mol. The van der Waals surface area contributed by atoms with E-state index in [2.05, 4.69) is 10.5 Å². The van der Waals surface area contributed by atoms with Crippen LogP contribution >= 0.6 is 0 Å². The number of amides is 1. The van der Waals surface area contributed by atoms with Crippen LogP contribution in [-0.4, -0.2) is 23.2 Å². The van der Waals surface area contributed by atoms with Crippen LogP contribution in [0.4, 0.5) is 0 Å². The summed E-state index contributed by atoms with van der Waals surface area (Å²) in [6.45, 7) is 0. The van der Waals surface area contributed by atoms with Crippen LogP contribution in [-0.2, 0) is 9.59 Å². The molecule has 0 unspecified atom stereocenters. The molecule has 0 aromatic heterocycles. The zero-order valence-corrected chi connectivity index (χ0v) is 8.33. The van der Waals surface area contributed by atoms with Gasteiger partial charge in [-0.3, -0.25) is 4.79 Å². The minimum atomic E-state index is -1.18. The van der Waals surface area contributed by atoms with Crippen LogP contribution in [0.5, 0.6) is 0 Å². The molecule has 16 heavy (non-hydrogen) atoms. The Balaban J connectivity index is 2.43. The molecule has 0 aliphatic carbocycles. The van der Waals surface area contributed by atoms with Gasteiger partial charge in [-0.15, -0.1) is 0 Å². The summed E-state index contributed by atoms with van der Waals surface area (Å²) in [6.07, 6.45) is 3.10. The molecule has 0 bridgehead atoms. The first-order valence-electron chi connectivity index (χ1n) is 4.47. The van der Waals surface area contributed by atoms with Crippen molar-refractivity contribution in [3.63, 3.8) is 0 Å². The van der Waals surface area contributed by atoms with Crippen LogP contribution in [0, 0.1) is 0 Å². The van der Waals surface area contributed by atoms with Gasteiger partial charge in [-0.2, -0.15) is 5.10 Å². The van der Waals surface area contributed by atoms with Gasteiger partial charge in [0.15, 0.2) is 0 Å². The van der Waals surface area contributed by atoms with Crippen molar-refractivity contribution in [2.75, 3.05) is 0 Å². The Morgan fingerprint density at radius 1 is 1.19 bits per heavy atom. The summed E-state index contributed by atoms with van der Waals surface area (Å²) in [5.41, 5.74) is 3.00. The number of nitrogens with one attached hydrogen (secondary N) is 1. The van der Waals surface area contributed by atoms with E-state index in [0.717, 1.165) is 17.7 Å². The van der Waals surface area contributed by atoms with Crippen molar-refractivity contribution in [3.05, 3.63) is 48.0 Å². The maximum absolute atomic E-state index is 11.0. The van der Waals surface area contributed by atoms with E-state index in [0.29, 0.717) is 0 Å². The number of carbonyl (C=O) groups excluding carboxylic acids is 1. The molecule has 0 aliphatic heterocycles. The second-order valence-electron chi connectivity index (χ2n) is 2.82. The molecular weight excluding hydrogens is 208 g/mol. The normalized spacial score (nSPS) is 10.8. The van der Waals surface area contributed by atoms with E-state index in [-0.39, 0.29) is 0 Å². The summed E-state index contributed by atoms with van der Waals surface area (Å²) in [7, 11) is 0. The van der Waals surface area contributed by atoms with Crippen LogP contribution < -0.4 is 5.43 Å². The number of benzene rings is 1. The third-order valence-corrected chi connectivity index (χ3v) is 1.57. The summed E-state index contributed by atoms with van der Waals surface area (Å²) in [5, 5.41) is 11.9. The Kier molecular flexibility index (Phi) is 4.46. The fourth-order valence-electron chi connectivity index (χ4n) is 0.894. The lowest BCUT2D eigenvalue weighted by molar-refractivity contribution is -0.131. The Hall–Kier alpha value is -2.43. The van der Waals surface area contributed by atoms with E-state index in [1.807, 2.05) is 30.3 Å². The number of carboxylic acid groups (broad SMARTS) is 1. The highest BCUT2D eigenvalue weighted by Gasteiger charge is 1.93. The van der Waals surface area contributed by atoms with E-state index < -0.39 is 11.9 Å². The fourth-order valence-corrected chi connectivity index (χ4v) is 0.894. The number of nitrogens with zero attached hydrogens (tertiary/aromatic N) is 1. The van der Waals surface area contributed by atoms with Gasteiger partial charge >= 0.3 is 5.97 Å². The molecule has 2 N–H and O–H groups in total. The Bertz CT molecular complexity index is 424. The highest BCUT2D eigenvalue weighted by Crippen LogP contribution is 1.92. The number of carbonyl (C=O) groups is 2. The molecule has 5 heteroatoms. The number of hydrogen-bond donors (Lipinski definition) is 2. The zero-order valence-electron chi connectivity index (χ0n) is 8.33. The van der Waals surface area contributed by atoms with Gasteiger partial charge in [0.2, 0.25) is 0 Å². The maximum Gasteiger partial charge on any atom is 0.328 e. The standard InChI is InChI=1S/C11H10N2O3/c14-10(6-7-11(15)16)13-12-8-9-4-2-1-3-5-9/h1-8H,(H,13,14)(H,15,16)/b7-6-,12-8?. The predicted molar refractivity (Wildman–Crippen MR) is 59.0 cm³/mol. The minimum absolute atomic E-state index is 0.588. The van der Waals surface area contributed by atoms with Gasteiger partial charge in [0.05, 0.1) is 6.21 Å². The number of carboxylic acids is 1. The van der Waals surface area contributed by atoms with Gasteiger partial charge in [0.25, 0.3) is 5.91 Å². The van der Waals surface area contributed by atoms with Gasteiger partial charge < -0.3 is 5.11 Å². The third kappa shape index (κ3) is 4.71. The van der Waals surface area contributed by atoms with Crippen molar-refractivity contribution in [1.82, 2.24) is 5.43 Å². The molecule has 1 rings (SSSR count). The van der Waals surface area contributed by atoms with Crippen LogP contribution in [0.1, 0.15) is 5.56 Å². The highest BCUT2D eigenvalue weighted by atomic mass is 16.4. The van der Waals surface area contributed by atoms with Crippen molar-refractivity contribution in [2.24, 2.45) is 5.10 Å². The molecule has 0 spiro atoms. The Morgan fingerprint density at radius 3 is 2.50 bits per heavy atom. The fraction of sp³-hybridized carbons (Fsp3) is 0. The highest BCUT2D eigenvalue weighted by molar-refractivity contribution is 5.94. The molecule has 5 nitrogen and oxygen atoms in total. The SMILES string of the molecule is O=C(O)/C=C\C(=O)NN=Cc1ccccc1. The van der Waals surface area contributed by atoms with Gasteiger partial charge in [0, 0.05) is 12.2 Å². The first-order chi connectivity index (χ1) is 7.68. The molecule has 82 valence electrons. The first kappa shape index (κ1) is 11.6. The molecular formula is C11H10N2O3. The predicted octanol–water partition coefficient (Wildman–Crippen LogP) is 0.777. The molecule has 0 fully saturated rings. The lowest BCUT2D eigenvalue weighted by Gasteiger charge is -1.92. The van der Waals surface area contributed by atoms with E-state index in [1.54, 1.807) is 0 Å². The topological polar surface area (TPSA) is 78.8 Å². The van der Waals surface area contributed by atoms with Crippen molar-refractivity contribution in [2.45, 2.75) is 0 Å². The molecule has 0 atom stereocenters.